The molecule has 0 heterocycles. The van der Waals surface area contributed by atoms with E-state index in [-0.39, 0.29) is 5.97 Å². The Hall–Kier alpha value is -1.00. The lowest BCUT2D eigenvalue weighted by molar-refractivity contribution is -0.149. The molecule has 0 radical (unpaired) electrons. The first-order valence-electron chi connectivity index (χ1n) is 7.52. The Morgan fingerprint density at radius 1 is 1.43 bits per heavy atom. The summed E-state index contributed by atoms with van der Waals surface area (Å²) in [5, 5.41) is 3.67. The quantitative estimate of drug-likeness (QED) is 0.865. The van der Waals surface area contributed by atoms with E-state index in [1.54, 1.807) is 0 Å². The molecule has 2 rings (SSSR count). The van der Waals surface area contributed by atoms with Gasteiger partial charge in [-0.25, -0.2) is 0 Å². The summed E-state index contributed by atoms with van der Waals surface area (Å²) in [5.74, 6) is -0.129. The summed E-state index contributed by atoms with van der Waals surface area (Å²) in [5.41, 5.74) is 2.10. The summed E-state index contributed by atoms with van der Waals surface area (Å²) in [6, 6.07) is 6.57. The monoisotopic (exact) mass is 307 g/mol. The number of methoxy groups -OCH3 is 1. The van der Waals surface area contributed by atoms with Crippen molar-refractivity contribution in [3.8, 4) is 0 Å². The van der Waals surface area contributed by atoms with Crippen LogP contribution in [0.5, 0.6) is 0 Å². The number of carbonyl (C=O) groups is 1. The zero-order valence-electron chi connectivity index (χ0n) is 13.4. The number of likely N-dealkylation sites (N-methyl/N-ethyl adjacent to an activating group) is 1. The third-order valence-electron chi connectivity index (χ3n) is 4.38. The Morgan fingerprint density at radius 3 is 2.81 bits per heavy atom. The van der Waals surface area contributed by atoms with Crippen molar-refractivity contribution in [2.75, 3.05) is 14.2 Å². The SMILES string of the molecule is CNC1(C(=O)OC)CCCC(Sc2ccc(C)cc2C)C1. The van der Waals surface area contributed by atoms with Crippen LogP contribution in [0.1, 0.15) is 36.8 Å². The van der Waals surface area contributed by atoms with E-state index in [0.29, 0.717) is 5.25 Å². The second kappa shape index (κ2) is 6.84. The molecule has 1 aromatic carbocycles. The minimum Gasteiger partial charge on any atom is -0.468 e. The number of benzene rings is 1. The van der Waals surface area contributed by atoms with Crippen molar-refractivity contribution >= 4 is 17.7 Å². The van der Waals surface area contributed by atoms with Gasteiger partial charge in [0.2, 0.25) is 0 Å². The van der Waals surface area contributed by atoms with Gasteiger partial charge in [0.1, 0.15) is 5.54 Å². The fourth-order valence-corrected chi connectivity index (χ4v) is 4.55. The van der Waals surface area contributed by atoms with Crippen molar-refractivity contribution in [3.05, 3.63) is 29.3 Å². The highest BCUT2D eigenvalue weighted by atomic mass is 32.2. The molecule has 1 aromatic rings. The first-order valence-corrected chi connectivity index (χ1v) is 8.40. The average molecular weight is 307 g/mol. The van der Waals surface area contributed by atoms with Crippen molar-refractivity contribution in [2.45, 2.75) is 55.2 Å². The second-order valence-corrected chi connectivity index (χ2v) is 7.27. The fraction of sp³-hybridized carbons (Fsp3) is 0.588. The molecule has 116 valence electrons. The molecule has 0 bridgehead atoms. The maximum Gasteiger partial charge on any atom is 0.326 e. The first-order chi connectivity index (χ1) is 10.0. The third kappa shape index (κ3) is 3.61. The van der Waals surface area contributed by atoms with Crippen LogP contribution in [0.25, 0.3) is 0 Å². The van der Waals surface area contributed by atoms with Crippen molar-refractivity contribution < 1.29 is 9.53 Å². The normalized spacial score (nSPS) is 25.6. The van der Waals surface area contributed by atoms with Crippen LogP contribution in [0.2, 0.25) is 0 Å². The van der Waals surface area contributed by atoms with Gasteiger partial charge in [0.15, 0.2) is 0 Å². The number of nitrogens with one attached hydrogen (secondary N) is 1. The van der Waals surface area contributed by atoms with E-state index >= 15 is 0 Å². The molecule has 0 amide bonds. The molecule has 1 saturated carbocycles. The summed E-state index contributed by atoms with van der Waals surface area (Å²) in [6.45, 7) is 4.27. The molecule has 4 heteroatoms. The van der Waals surface area contributed by atoms with Crippen molar-refractivity contribution in [1.29, 1.82) is 0 Å². The minimum atomic E-state index is -0.511. The molecule has 2 atom stereocenters. The van der Waals surface area contributed by atoms with Crippen LogP contribution in [0, 0.1) is 13.8 Å². The number of hydrogen-bond acceptors (Lipinski definition) is 4. The topological polar surface area (TPSA) is 38.3 Å². The molecular weight excluding hydrogens is 282 g/mol. The molecule has 0 aromatic heterocycles. The number of rotatable bonds is 4. The first kappa shape index (κ1) is 16.4. The predicted octanol–water partition coefficient (Wildman–Crippen LogP) is 3.47. The van der Waals surface area contributed by atoms with Gasteiger partial charge >= 0.3 is 5.97 Å². The highest BCUT2D eigenvalue weighted by Crippen LogP contribution is 2.39. The second-order valence-electron chi connectivity index (χ2n) is 5.93. The highest BCUT2D eigenvalue weighted by Gasteiger charge is 2.42. The van der Waals surface area contributed by atoms with E-state index in [0.717, 1.165) is 25.7 Å². The van der Waals surface area contributed by atoms with Gasteiger partial charge in [-0.15, -0.1) is 11.8 Å². The maximum atomic E-state index is 12.1. The summed E-state index contributed by atoms with van der Waals surface area (Å²) < 4.78 is 5.01. The lowest BCUT2D eigenvalue weighted by Crippen LogP contribution is -2.54. The maximum absolute atomic E-state index is 12.1. The van der Waals surface area contributed by atoms with Gasteiger partial charge in [-0.3, -0.25) is 4.79 Å². The van der Waals surface area contributed by atoms with Gasteiger partial charge in [-0.2, -0.15) is 0 Å². The standard InChI is InChI=1S/C17H25NO2S/c1-12-7-8-15(13(2)10-12)21-14-6-5-9-17(11-14,18-3)16(19)20-4/h7-8,10,14,18H,5-6,9,11H2,1-4H3. The number of ether oxygens (including phenoxy) is 1. The Bertz CT molecular complexity index is 518. The summed E-state index contributed by atoms with van der Waals surface area (Å²) in [6.07, 6.45) is 3.89. The molecule has 0 saturated heterocycles. The van der Waals surface area contributed by atoms with Gasteiger partial charge < -0.3 is 10.1 Å². The van der Waals surface area contributed by atoms with Crippen LogP contribution in [0.15, 0.2) is 23.1 Å². The number of aryl methyl sites for hydroxylation is 2. The van der Waals surface area contributed by atoms with Crippen LogP contribution >= 0.6 is 11.8 Å². The Balaban J connectivity index is 2.12. The van der Waals surface area contributed by atoms with Crippen LogP contribution < -0.4 is 5.32 Å². The van der Waals surface area contributed by atoms with Crippen LogP contribution in [0.3, 0.4) is 0 Å². The number of thioether (sulfide) groups is 1. The molecule has 21 heavy (non-hydrogen) atoms. The van der Waals surface area contributed by atoms with E-state index in [9.17, 15) is 4.79 Å². The van der Waals surface area contributed by atoms with E-state index in [4.69, 9.17) is 4.74 Å². The smallest absolute Gasteiger partial charge is 0.326 e. The zero-order chi connectivity index (χ0) is 15.5. The van der Waals surface area contributed by atoms with E-state index in [1.165, 1.54) is 23.1 Å². The Labute approximate surface area is 131 Å². The lowest BCUT2D eigenvalue weighted by Gasteiger charge is -2.38. The molecule has 1 aliphatic carbocycles. The zero-order valence-corrected chi connectivity index (χ0v) is 14.2. The molecule has 1 aliphatic rings. The van der Waals surface area contributed by atoms with Gasteiger partial charge in [-0.05, 0) is 58.2 Å². The Kier molecular flexibility index (Phi) is 5.33. The van der Waals surface area contributed by atoms with Gasteiger partial charge in [-0.1, -0.05) is 17.7 Å². The molecule has 0 spiro atoms. The van der Waals surface area contributed by atoms with Crippen LogP contribution in [0.4, 0.5) is 0 Å². The third-order valence-corrected chi connectivity index (χ3v) is 5.83. The van der Waals surface area contributed by atoms with Crippen molar-refractivity contribution in [2.24, 2.45) is 0 Å². The Morgan fingerprint density at radius 2 is 2.19 bits per heavy atom. The predicted molar refractivity (Wildman–Crippen MR) is 87.8 cm³/mol. The van der Waals surface area contributed by atoms with Gasteiger partial charge in [0, 0.05) is 10.1 Å². The summed E-state index contributed by atoms with van der Waals surface area (Å²) in [7, 11) is 3.34. The summed E-state index contributed by atoms with van der Waals surface area (Å²) in [4.78, 5) is 13.5. The van der Waals surface area contributed by atoms with Gasteiger partial charge in [0.05, 0.1) is 7.11 Å². The number of hydrogen-bond donors (Lipinski definition) is 1. The number of carbonyl (C=O) groups excluding carboxylic acids is 1. The van der Waals surface area contributed by atoms with Crippen molar-refractivity contribution in [1.82, 2.24) is 5.32 Å². The largest absolute Gasteiger partial charge is 0.468 e. The minimum absolute atomic E-state index is 0.129. The van der Waals surface area contributed by atoms with Crippen molar-refractivity contribution in [3.63, 3.8) is 0 Å². The molecule has 1 fully saturated rings. The van der Waals surface area contributed by atoms with Crippen LogP contribution in [-0.2, 0) is 9.53 Å². The average Bonchev–Trinajstić information content (AvgIpc) is 2.49. The molecule has 0 aliphatic heterocycles. The lowest BCUT2D eigenvalue weighted by atomic mass is 9.81. The molecular formula is C17H25NO2S. The molecule has 2 unspecified atom stereocenters. The number of esters is 1. The molecule has 1 N–H and O–H groups in total. The highest BCUT2D eigenvalue weighted by molar-refractivity contribution is 8.00. The van der Waals surface area contributed by atoms with E-state index in [1.807, 2.05) is 18.8 Å². The van der Waals surface area contributed by atoms with Crippen LogP contribution in [-0.4, -0.2) is 30.9 Å². The van der Waals surface area contributed by atoms with E-state index < -0.39 is 5.54 Å². The molecule has 3 nitrogen and oxygen atoms in total. The fourth-order valence-electron chi connectivity index (χ4n) is 3.15. The van der Waals surface area contributed by atoms with Gasteiger partial charge in [0.25, 0.3) is 0 Å². The summed E-state index contributed by atoms with van der Waals surface area (Å²) >= 11 is 1.90. The van der Waals surface area contributed by atoms with E-state index in [2.05, 4.69) is 37.4 Å².